The number of anilines is 1. The summed E-state index contributed by atoms with van der Waals surface area (Å²) >= 11 is 0. The second-order valence-corrected chi connectivity index (χ2v) is 4.72. The van der Waals surface area contributed by atoms with Crippen molar-refractivity contribution in [2.75, 3.05) is 19.0 Å². The summed E-state index contributed by atoms with van der Waals surface area (Å²) in [5.41, 5.74) is 0. The smallest absolute Gasteiger partial charge is 0.203 e. The van der Waals surface area contributed by atoms with Gasteiger partial charge in [-0.15, -0.1) is 0 Å². The number of hydrogen-bond acceptors (Lipinski definition) is 3. The maximum Gasteiger partial charge on any atom is 0.203 e. The number of aromatic nitrogens is 2. The van der Waals surface area contributed by atoms with Gasteiger partial charge < -0.3 is 14.6 Å². The van der Waals surface area contributed by atoms with Crippen LogP contribution in [0.2, 0.25) is 0 Å². The third-order valence-corrected chi connectivity index (χ3v) is 2.55. The van der Waals surface area contributed by atoms with Gasteiger partial charge in [-0.3, -0.25) is 0 Å². The van der Waals surface area contributed by atoms with Gasteiger partial charge in [-0.05, 0) is 19.8 Å². The number of nitrogens with one attached hydrogen (secondary N) is 1. The van der Waals surface area contributed by atoms with Gasteiger partial charge in [0.1, 0.15) is 0 Å². The first-order valence-corrected chi connectivity index (χ1v) is 5.84. The SMILES string of the molecule is COCC(C(C)C)n1ccnc1NC(C)C. The summed E-state index contributed by atoms with van der Waals surface area (Å²) in [6.07, 6.45) is 3.84. The van der Waals surface area contributed by atoms with Crippen molar-refractivity contribution in [1.29, 1.82) is 0 Å². The van der Waals surface area contributed by atoms with Gasteiger partial charge in [0.05, 0.1) is 12.6 Å². The lowest BCUT2D eigenvalue weighted by molar-refractivity contribution is 0.134. The highest BCUT2D eigenvalue weighted by Gasteiger charge is 2.18. The van der Waals surface area contributed by atoms with Crippen LogP contribution >= 0.6 is 0 Å². The molecule has 0 radical (unpaired) electrons. The normalized spacial score (nSPS) is 13.4. The molecule has 1 unspecified atom stereocenters. The van der Waals surface area contributed by atoms with E-state index in [2.05, 4.69) is 42.6 Å². The molecule has 92 valence electrons. The fourth-order valence-corrected chi connectivity index (χ4v) is 1.72. The maximum absolute atomic E-state index is 5.27. The predicted molar refractivity (Wildman–Crippen MR) is 66.7 cm³/mol. The molecule has 0 spiro atoms. The third-order valence-electron chi connectivity index (χ3n) is 2.55. The topological polar surface area (TPSA) is 39.1 Å². The fourth-order valence-electron chi connectivity index (χ4n) is 1.72. The number of imidazole rings is 1. The quantitative estimate of drug-likeness (QED) is 0.808. The van der Waals surface area contributed by atoms with Crippen molar-refractivity contribution in [2.45, 2.75) is 39.8 Å². The first-order valence-electron chi connectivity index (χ1n) is 5.84. The molecule has 0 saturated heterocycles. The molecule has 0 aliphatic carbocycles. The van der Waals surface area contributed by atoms with Gasteiger partial charge in [0.15, 0.2) is 0 Å². The van der Waals surface area contributed by atoms with Gasteiger partial charge in [0.2, 0.25) is 5.95 Å². The van der Waals surface area contributed by atoms with Crippen LogP contribution in [0.3, 0.4) is 0 Å². The molecule has 1 N–H and O–H groups in total. The Balaban J connectivity index is 2.86. The Labute approximate surface area is 98.0 Å². The van der Waals surface area contributed by atoms with Gasteiger partial charge in [-0.2, -0.15) is 0 Å². The number of ether oxygens (including phenoxy) is 1. The van der Waals surface area contributed by atoms with Crippen molar-refractivity contribution in [3.63, 3.8) is 0 Å². The number of methoxy groups -OCH3 is 1. The summed E-state index contributed by atoms with van der Waals surface area (Å²) in [6.45, 7) is 9.33. The Morgan fingerprint density at radius 1 is 1.38 bits per heavy atom. The molecule has 1 aromatic rings. The van der Waals surface area contributed by atoms with Crippen LogP contribution in [-0.2, 0) is 4.74 Å². The highest BCUT2D eigenvalue weighted by Crippen LogP contribution is 2.22. The molecule has 0 aromatic carbocycles. The lowest BCUT2D eigenvalue weighted by Gasteiger charge is -2.24. The Kier molecular flexibility index (Phi) is 4.80. The van der Waals surface area contributed by atoms with E-state index in [4.69, 9.17) is 4.74 Å². The van der Waals surface area contributed by atoms with Crippen molar-refractivity contribution in [3.05, 3.63) is 12.4 Å². The number of hydrogen-bond donors (Lipinski definition) is 1. The Morgan fingerprint density at radius 2 is 2.06 bits per heavy atom. The molecule has 4 heteroatoms. The minimum atomic E-state index is 0.328. The van der Waals surface area contributed by atoms with Gasteiger partial charge in [0, 0.05) is 25.5 Å². The molecule has 1 aromatic heterocycles. The molecule has 0 saturated carbocycles. The van der Waals surface area contributed by atoms with Crippen molar-refractivity contribution in [3.8, 4) is 0 Å². The first-order chi connectivity index (χ1) is 7.56. The average Bonchev–Trinajstić information content (AvgIpc) is 2.60. The lowest BCUT2D eigenvalue weighted by Crippen LogP contribution is -2.23. The van der Waals surface area contributed by atoms with Gasteiger partial charge in [-0.25, -0.2) is 4.98 Å². The summed E-state index contributed by atoms with van der Waals surface area (Å²) in [7, 11) is 1.74. The van der Waals surface area contributed by atoms with Crippen molar-refractivity contribution >= 4 is 5.95 Å². The second-order valence-electron chi connectivity index (χ2n) is 4.72. The largest absolute Gasteiger partial charge is 0.383 e. The van der Waals surface area contributed by atoms with Crippen LogP contribution in [0.5, 0.6) is 0 Å². The minimum absolute atomic E-state index is 0.328. The van der Waals surface area contributed by atoms with E-state index in [0.717, 1.165) is 5.95 Å². The van der Waals surface area contributed by atoms with E-state index in [9.17, 15) is 0 Å². The van der Waals surface area contributed by atoms with E-state index in [1.54, 1.807) is 7.11 Å². The zero-order valence-corrected chi connectivity index (χ0v) is 10.9. The molecular weight excluding hydrogens is 202 g/mol. The standard InChI is InChI=1S/C12H23N3O/c1-9(2)11(8-16-5)15-7-6-13-12(15)14-10(3)4/h6-7,9-11H,8H2,1-5H3,(H,13,14). The summed E-state index contributed by atoms with van der Waals surface area (Å²) < 4.78 is 7.43. The summed E-state index contributed by atoms with van der Waals surface area (Å²) in [4.78, 5) is 4.34. The molecule has 1 atom stereocenters. The molecule has 0 bridgehead atoms. The second kappa shape index (κ2) is 5.89. The van der Waals surface area contributed by atoms with Crippen LogP contribution < -0.4 is 5.32 Å². The van der Waals surface area contributed by atoms with Crippen LogP contribution in [0.15, 0.2) is 12.4 Å². The average molecular weight is 225 g/mol. The maximum atomic E-state index is 5.27. The predicted octanol–water partition coefficient (Wildman–Crippen LogP) is 2.55. The summed E-state index contributed by atoms with van der Waals surface area (Å²) in [5, 5.41) is 3.34. The van der Waals surface area contributed by atoms with Crippen molar-refractivity contribution in [2.24, 2.45) is 5.92 Å². The summed E-state index contributed by atoms with van der Waals surface area (Å²) in [6, 6.07) is 0.713. The molecular formula is C12H23N3O. The van der Waals surface area contributed by atoms with Crippen molar-refractivity contribution in [1.82, 2.24) is 9.55 Å². The van der Waals surface area contributed by atoms with E-state index in [-0.39, 0.29) is 0 Å². The van der Waals surface area contributed by atoms with E-state index < -0.39 is 0 Å². The molecule has 1 heterocycles. The lowest BCUT2D eigenvalue weighted by atomic mass is 10.1. The molecule has 0 aliphatic heterocycles. The minimum Gasteiger partial charge on any atom is -0.383 e. The van der Waals surface area contributed by atoms with E-state index in [0.29, 0.717) is 24.6 Å². The number of nitrogens with zero attached hydrogens (tertiary/aromatic N) is 2. The number of rotatable bonds is 6. The molecule has 0 amide bonds. The van der Waals surface area contributed by atoms with Crippen LogP contribution in [-0.4, -0.2) is 29.3 Å². The molecule has 1 rings (SSSR count). The monoisotopic (exact) mass is 225 g/mol. The van der Waals surface area contributed by atoms with E-state index in [1.165, 1.54) is 0 Å². The Hall–Kier alpha value is -1.03. The highest BCUT2D eigenvalue weighted by atomic mass is 16.5. The van der Waals surface area contributed by atoms with Crippen molar-refractivity contribution < 1.29 is 4.74 Å². The summed E-state index contributed by atoms with van der Waals surface area (Å²) in [5.74, 6) is 1.44. The third kappa shape index (κ3) is 3.23. The van der Waals surface area contributed by atoms with Crippen LogP contribution in [0, 0.1) is 5.92 Å². The van der Waals surface area contributed by atoms with E-state index >= 15 is 0 Å². The van der Waals surface area contributed by atoms with Gasteiger partial charge in [-0.1, -0.05) is 13.8 Å². The highest BCUT2D eigenvalue weighted by molar-refractivity contribution is 5.27. The molecule has 0 fully saturated rings. The zero-order chi connectivity index (χ0) is 12.1. The van der Waals surface area contributed by atoms with Crippen LogP contribution in [0.1, 0.15) is 33.7 Å². The van der Waals surface area contributed by atoms with Crippen LogP contribution in [0.25, 0.3) is 0 Å². The zero-order valence-electron chi connectivity index (χ0n) is 10.9. The van der Waals surface area contributed by atoms with E-state index in [1.807, 2.05) is 12.4 Å². The Bertz CT molecular complexity index is 307. The molecule has 16 heavy (non-hydrogen) atoms. The van der Waals surface area contributed by atoms with Gasteiger partial charge in [0.25, 0.3) is 0 Å². The van der Waals surface area contributed by atoms with Gasteiger partial charge >= 0.3 is 0 Å². The molecule has 4 nitrogen and oxygen atoms in total. The van der Waals surface area contributed by atoms with Crippen LogP contribution in [0.4, 0.5) is 5.95 Å². The molecule has 0 aliphatic rings. The Morgan fingerprint density at radius 3 is 2.56 bits per heavy atom. The fraction of sp³-hybridized carbons (Fsp3) is 0.750. The first kappa shape index (κ1) is 13.0.